The Bertz CT molecular complexity index is 563. The lowest BCUT2D eigenvalue weighted by Gasteiger charge is -2.05. The van der Waals surface area contributed by atoms with Crippen molar-refractivity contribution in [3.8, 4) is 5.75 Å². The Balaban J connectivity index is 2.47. The van der Waals surface area contributed by atoms with Gasteiger partial charge in [-0.2, -0.15) is 0 Å². The second-order valence-corrected chi connectivity index (χ2v) is 5.90. The van der Waals surface area contributed by atoms with Gasteiger partial charge in [0.25, 0.3) is 0 Å². The van der Waals surface area contributed by atoms with Crippen LogP contribution in [0.2, 0.25) is 0 Å². The van der Waals surface area contributed by atoms with Crippen LogP contribution in [0.15, 0.2) is 38.6 Å². The normalized spacial score (nSPS) is 10.3. The number of hydrogen-bond donors (Lipinski definition) is 0. The van der Waals surface area contributed by atoms with Gasteiger partial charge in [-0.3, -0.25) is 4.79 Å². The third-order valence-electron chi connectivity index (χ3n) is 2.24. The van der Waals surface area contributed by atoms with Crippen molar-refractivity contribution in [3.05, 3.63) is 49.0 Å². The van der Waals surface area contributed by atoms with Crippen molar-refractivity contribution in [2.24, 2.45) is 0 Å². The Labute approximate surface area is 120 Å². The predicted molar refractivity (Wildman–Crippen MR) is 76.1 cm³/mol. The van der Waals surface area contributed by atoms with Gasteiger partial charge in [-0.15, -0.1) is 11.3 Å². The van der Waals surface area contributed by atoms with Crippen LogP contribution < -0.4 is 4.74 Å². The first-order chi connectivity index (χ1) is 8.13. The molecule has 1 aromatic carbocycles. The van der Waals surface area contributed by atoms with Crippen LogP contribution in [0.4, 0.5) is 0 Å². The lowest BCUT2D eigenvalue weighted by atomic mass is 10.1. The Kier molecular flexibility index (Phi) is 4.01. The monoisotopic (exact) mass is 374 g/mol. The van der Waals surface area contributed by atoms with Gasteiger partial charge in [0, 0.05) is 14.5 Å². The van der Waals surface area contributed by atoms with Gasteiger partial charge in [-0.25, -0.2) is 0 Å². The minimum atomic E-state index is -0.0161. The Morgan fingerprint density at radius 3 is 2.59 bits per heavy atom. The zero-order valence-electron chi connectivity index (χ0n) is 8.87. The first-order valence-electron chi connectivity index (χ1n) is 4.74. The molecule has 0 amide bonds. The van der Waals surface area contributed by atoms with Crippen LogP contribution in [0.3, 0.4) is 0 Å². The number of carbonyl (C=O) groups is 1. The van der Waals surface area contributed by atoms with E-state index in [-0.39, 0.29) is 5.78 Å². The molecule has 88 valence electrons. The van der Waals surface area contributed by atoms with Gasteiger partial charge in [0.15, 0.2) is 0 Å². The van der Waals surface area contributed by atoms with E-state index in [0.29, 0.717) is 16.2 Å². The molecular formula is C12H8Br2O2S. The van der Waals surface area contributed by atoms with Gasteiger partial charge in [-0.05, 0) is 45.6 Å². The van der Waals surface area contributed by atoms with Crippen LogP contribution in [-0.2, 0) is 0 Å². The molecule has 0 spiro atoms. The maximum atomic E-state index is 12.3. The largest absolute Gasteiger partial charge is 0.497 e. The number of hydrogen-bond acceptors (Lipinski definition) is 3. The molecule has 0 unspecified atom stereocenters. The number of ether oxygens (including phenoxy) is 1. The average Bonchev–Trinajstić information content (AvgIpc) is 2.75. The SMILES string of the molecule is COc1ccc(Br)c(C(=O)c2sccc2Br)c1. The summed E-state index contributed by atoms with van der Waals surface area (Å²) in [6.07, 6.45) is 0. The van der Waals surface area contributed by atoms with Crippen LogP contribution in [0.1, 0.15) is 15.2 Å². The first kappa shape index (κ1) is 12.8. The number of methoxy groups -OCH3 is 1. The fourth-order valence-electron chi connectivity index (χ4n) is 1.38. The highest BCUT2D eigenvalue weighted by Crippen LogP contribution is 2.30. The molecule has 5 heteroatoms. The van der Waals surface area contributed by atoms with Crippen LogP contribution in [0, 0.1) is 0 Å². The van der Waals surface area contributed by atoms with E-state index >= 15 is 0 Å². The van der Waals surface area contributed by atoms with E-state index in [1.165, 1.54) is 11.3 Å². The van der Waals surface area contributed by atoms with E-state index in [1.54, 1.807) is 13.2 Å². The molecule has 0 bridgehead atoms. The van der Waals surface area contributed by atoms with Crippen LogP contribution in [0.25, 0.3) is 0 Å². The second-order valence-electron chi connectivity index (χ2n) is 3.27. The molecule has 1 aromatic heterocycles. The molecule has 0 aliphatic heterocycles. The van der Waals surface area contributed by atoms with E-state index < -0.39 is 0 Å². The molecule has 2 rings (SSSR count). The number of rotatable bonds is 3. The molecule has 17 heavy (non-hydrogen) atoms. The van der Waals surface area contributed by atoms with E-state index in [0.717, 1.165) is 8.95 Å². The fraction of sp³-hybridized carbons (Fsp3) is 0.0833. The number of halogens is 2. The summed E-state index contributed by atoms with van der Waals surface area (Å²) in [6, 6.07) is 7.22. The summed E-state index contributed by atoms with van der Waals surface area (Å²) >= 11 is 8.17. The van der Waals surface area contributed by atoms with Crippen molar-refractivity contribution in [1.29, 1.82) is 0 Å². The highest BCUT2D eigenvalue weighted by molar-refractivity contribution is 9.11. The molecule has 0 aliphatic carbocycles. The van der Waals surface area contributed by atoms with Crippen LogP contribution >= 0.6 is 43.2 Å². The zero-order chi connectivity index (χ0) is 12.4. The molecule has 0 atom stereocenters. The molecule has 0 fully saturated rings. The Morgan fingerprint density at radius 1 is 1.24 bits per heavy atom. The summed E-state index contributed by atoms with van der Waals surface area (Å²) in [5.74, 6) is 0.655. The van der Waals surface area contributed by atoms with Crippen molar-refractivity contribution >= 4 is 49.0 Å². The third-order valence-corrected chi connectivity index (χ3v) is 4.77. The van der Waals surface area contributed by atoms with E-state index in [1.807, 2.05) is 23.6 Å². The van der Waals surface area contributed by atoms with Gasteiger partial charge >= 0.3 is 0 Å². The molecule has 2 nitrogen and oxygen atoms in total. The topological polar surface area (TPSA) is 26.3 Å². The lowest BCUT2D eigenvalue weighted by molar-refractivity contribution is 0.104. The summed E-state index contributed by atoms with van der Waals surface area (Å²) in [6.45, 7) is 0. The lowest BCUT2D eigenvalue weighted by Crippen LogP contribution is -2.01. The molecule has 1 heterocycles. The standard InChI is InChI=1S/C12H8Br2O2S/c1-16-7-2-3-9(13)8(6-7)11(15)12-10(14)4-5-17-12/h2-6H,1H3. The predicted octanol–water partition coefficient (Wildman–Crippen LogP) is 4.51. The summed E-state index contributed by atoms with van der Waals surface area (Å²) in [7, 11) is 1.58. The third kappa shape index (κ3) is 2.61. The van der Waals surface area contributed by atoms with Gasteiger partial charge in [-0.1, -0.05) is 15.9 Å². The highest BCUT2D eigenvalue weighted by atomic mass is 79.9. The smallest absolute Gasteiger partial charge is 0.205 e. The number of carbonyl (C=O) groups excluding carboxylic acids is 1. The van der Waals surface area contributed by atoms with Crippen LogP contribution in [0.5, 0.6) is 5.75 Å². The second kappa shape index (κ2) is 5.33. The summed E-state index contributed by atoms with van der Waals surface area (Å²) in [4.78, 5) is 13.0. The maximum absolute atomic E-state index is 12.3. The van der Waals surface area contributed by atoms with Crippen molar-refractivity contribution in [2.75, 3.05) is 7.11 Å². The minimum Gasteiger partial charge on any atom is -0.497 e. The summed E-state index contributed by atoms with van der Waals surface area (Å²) in [5.41, 5.74) is 0.604. The maximum Gasteiger partial charge on any atom is 0.205 e. The first-order valence-corrected chi connectivity index (χ1v) is 7.21. The molecule has 0 saturated heterocycles. The van der Waals surface area contributed by atoms with Crippen molar-refractivity contribution in [1.82, 2.24) is 0 Å². The fourth-order valence-corrected chi connectivity index (χ4v) is 3.32. The molecule has 0 radical (unpaired) electrons. The Morgan fingerprint density at radius 2 is 2.00 bits per heavy atom. The summed E-state index contributed by atoms with van der Waals surface area (Å²) in [5, 5.41) is 1.88. The molecule has 0 aliphatic rings. The molecule has 2 aromatic rings. The molecular weight excluding hydrogens is 368 g/mol. The Hall–Kier alpha value is -0.650. The van der Waals surface area contributed by atoms with E-state index in [9.17, 15) is 4.79 Å². The van der Waals surface area contributed by atoms with Crippen molar-refractivity contribution in [3.63, 3.8) is 0 Å². The van der Waals surface area contributed by atoms with Crippen molar-refractivity contribution < 1.29 is 9.53 Å². The van der Waals surface area contributed by atoms with Gasteiger partial charge in [0.2, 0.25) is 5.78 Å². The van der Waals surface area contributed by atoms with Gasteiger partial charge in [0.05, 0.1) is 12.0 Å². The molecule has 0 N–H and O–H groups in total. The number of thiophene rings is 1. The van der Waals surface area contributed by atoms with E-state index in [4.69, 9.17) is 4.74 Å². The highest BCUT2D eigenvalue weighted by Gasteiger charge is 2.17. The van der Waals surface area contributed by atoms with Crippen molar-refractivity contribution in [2.45, 2.75) is 0 Å². The minimum absolute atomic E-state index is 0.0161. The average molecular weight is 376 g/mol. The quantitative estimate of drug-likeness (QED) is 0.737. The van der Waals surface area contributed by atoms with Gasteiger partial charge in [0.1, 0.15) is 5.75 Å². The van der Waals surface area contributed by atoms with Gasteiger partial charge < -0.3 is 4.74 Å². The number of ketones is 1. The number of benzene rings is 1. The molecule has 0 saturated carbocycles. The zero-order valence-corrected chi connectivity index (χ0v) is 12.9. The summed E-state index contributed by atoms with van der Waals surface area (Å²) < 4.78 is 6.71. The van der Waals surface area contributed by atoms with Crippen LogP contribution in [-0.4, -0.2) is 12.9 Å². The van der Waals surface area contributed by atoms with E-state index in [2.05, 4.69) is 31.9 Å².